The van der Waals surface area contributed by atoms with Crippen molar-refractivity contribution in [1.29, 1.82) is 0 Å². The summed E-state index contributed by atoms with van der Waals surface area (Å²) in [7, 11) is 0. The Bertz CT molecular complexity index is 946. The Hall–Kier alpha value is -1.92. The molecule has 0 unspecified atom stereocenters. The molecule has 0 spiro atoms. The molecular weight excluding hydrogens is 386 g/mol. The Morgan fingerprint density at radius 2 is 1.90 bits per heavy atom. The fourth-order valence-corrected chi connectivity index (χ4v) is 7.69. The average molecular weight is 422 g/mol. The van der Waals surface area contributed by atoms with Crippen molar-refractivity contribution in [2.75, 3.05) is 19.6 Å². The maximum absolute atomic E-state index is 13.1. The van der Waals surface area contributed by atoms with E-state index in [1.54, 1.807) is 0 Å². The number of amides is 1. The summed E-state index contributed by atoms with van der Waals surface area (Å²) in [5.41, 5.74) is 9.07. The van der Waals surface area contributed by atoms with Crippen LogP contribution in [0.2, 0.25) is 0 Å². The number of hydrogen-bond donors (Lipinski definition) is 2. The highest BCUT2D eigenvalue weighted by Crippen LogP contribution is 2.61. The SMILES string of the molecule is N[C@@H]1CCN(Cc2cn3c(C(=O)NCCC45CC6CC(CC(C6)C4)C5)cccc3n2)C1. The number of nitrogens with two attached hydrogens (primary N) is 1. The minimum absolute atomic E-state index is 0.0162. The smallest absolute Gasteiger partial charge is 0.268 e. The Morgan fingerprint density at radius 3 is 2.58 bits per heavy atom. The third kappa shape index (κ3) is 3.78. The number of likely N-dealkylation sites (tertiary alicyclic amines) is 1. The third-order valence-corrected chi connectivity index (χ3v) is 8.58. The van der Waals surface area contributed by atoms with Gasteiger partial charge in [-0.25, -0.2) is 4.98 Å². The molecule has 1 amide bonds. The fraction of sp³-hybridized carbons (Fsp3) is 0.680. The summed E-state index contributed by atoms with van der Waals surface area (Å²) >= 11 is 0. The van der Waals surface area contributed by atoms with E-state index in [-0.39, 0.29) is 11.9 Å². The number of nitrogens with zero attached hydrogens (tertiary/aromatic N) is 3. The van der Waals surface area contributed by atoms with E-state index < -0.39 is 0 Å². The van der Waals surface area contributed by atoms with Crippen molar-refractivity contribution in [3.05, 3.63) is 35.8 Å². The van der Waals surface area contributed by atoms with Crippen molar-refractivity contribution in [2.45, 2.75) is 64.0 Å². The van der Waals surface area contributed by atoms with Crippen LogP contribution in [0.5, 0.6) is 0 Å². The van der Waals surface area contributed by atoms with E-state index in [0.717, 1.165) is 68.1 Å². The summed E-state index contributed by atoms with van der Waals surface area (Å²) in [6, 6.07) is 6.09. The molecule has 3 heterocycles. The zero-order valence-electron chi connectivity index (χ0n) is 18.4. The van der Waals surface area contributed by atoms with E-state index in [0.29, 0.717) is 11.1 Å². The number of pyridine rings is 1. The van der Waals surface area contributed by atoms with Crippen molar-refractivity contribution >= 4 is 11.6 Å². The number of aromatic nitrogens is 2. The molecule has 31 heavy (non-hydrogen) atoms. The molecule has 1 saturated heterocycles. The Labute approximate surface area is 184 Å². The standard InChI is InChI=1S/C25H35N5O/c26-20-4-7-29(14-20)15-21-16-30-22(2-1-3-23(30)28-21)24(31)27-6-5-25-11-17-8-18(12-25)10-19(9-17)13-25/h1-3,16-20H,4-15,26H2,(H,27,31)/t17?,18?,19?,20-,25?/m1/s1. The zero-order valence-corrected chi connectivity index (χ0v) is 18.4. The van der Waals surface area contributed by atoms with Crippen LogP contribution in [0, 0.1) is 23.2 Å². The number of imidazole rings is 1. The molecule has 2 aromatic heterocycles. The van der Waals surface area contributed by atoms with Crippen LogP contribution in [0.3, 0.4) is 0 Å². The molecule has 5 aliphatic rings. The van der Waals surface area contributed by atoms with Gasteiger partial charge in [-0.1, -0.05) is 6.07 Å². The molecule has 3 N–H and O–H groups in total. The number of nitrogens with one attached hydrogen (secondary N) is 1. The summed E-state index contributed by atoms with van der Waals surface area (Å²) in [5, 5.41) is 3.24. The molecular formula is C25H35N5O. The summed E-state index contributed by atoms with van der Waals surface area (Å²) in [4.78, 5) is 20.2. The minimum Gasteiger partial charge on any atom is -0.351 e. The number of hydrogen-bond acceptors (Lipinski definition) is 4. The molecule has 4 bridgehead atoms. The number of carbonyl (C=O) groups is 1. The van der Waals surface area contributed by atoms with Crippen molar-refractivity contribution in [3.8, 4) is 0 Å². The van der Waals surface area contributed by atoms with Gasteiger partial charge in [0.05, 0.1) is 5.69 Å². The lowest BCUT2D eigenvalue weighted by Gasteiger charge is -2.57. The van der Waals surface area contributed by atoms with Crippen molar-refractivity contribution in [1.82, 2.24) is 19.6 Å². The van der Waals surface area contributed by atoms with Gasteiger partial charge in [-0.3, -0.25) is 14.1 Å². The first kappa shape index (κ1) is 19.7. The maximum atomic E-state index is 13.1. The van der Waals surface area contributed by atoms with Crippen LogP contribution < -0.4 is 11.1 Å². The lowest BCUT2D eigenvalue weighted by Crippen LogP contribution is -2.47. The third-order valence-electron chi connectivity index (χ3n) is 8.58. The van der Waals surface area contributed by atoms with Crippen LogP contribution in [0.1, 0.15) is 67.5 Å². The van der Waals surface area contributed by atoms with E-state index in [4.69, 9.17) is 10.7 Å². The predicted molar refractivity (Wildman–Crippen MR) is 121 cm³/mol. The Kier molecular flexibility index (Phi) is 4.83. The molecule has 0 radical (unpaired) electrons. The van der Waals surface area contributed by atoms with E-state index in [9.17, 15) is 4.79 Å². The highest BCUT2D eigenvalue weighted by Gasteiger charge is 2.50. The quantitative estimate of drug-likeness (QED) is 0.751. The largest absolute Gasteiger partial charge is 0.351 e. The summed E-state index contributed by atoms with van der Waals surface area (Å²) in [6.45, 7) is 3.52. The van der Waals surface area contributed by atoms with Gasteiger partial charge in [0.15, 0.2) is 0 Å². The highest BCUT2D eigenvalue weighted by molar-refractivity contribution is 5.93. The van der Waals surface area contributed by atoms with E-state index in [1.807, 2.05) is 28.8 Å². The Balaban J connectivity index is 1.11. The van der Waals surface area contributed by atoms with Crippen LogP contribution in [-0.4, -0.2) is 45.9 Å². The minimum atomic E-state index is 0.0162. The second-order valence-electron chi connectivity index (χ2n) is 11.1. The first-order valence-electron chi connectivity index (χ1n) is 12.3. The van der Waals surface area contributed by atoms with Gasteiger partial charge in [0.2, 0.25) is 0 Å². The van der Waals surface area contributed by atoms with Gasteiger partial charge < -0.3 is 11.1 Å². The molecule has 166 valence electrons. The second-order valence-corrected chi connectivity index (χ2v) is 11.1. The van der Waals surface area contributed by atoms with Crippen molar-refractivity contribution in [2.24, 2.45) is 28.9 Å². The zero-order chi connectivity index (χ0) is 21.0. The molecule has 1 aliphatic heterocycles. The molecule has 7 rings (SSSR count). The van der Waals surface area contributed by atoms with Gasteiger partial charge in [-0.05, 0) is 86.7 Å². The highest BCUT2D eigenvalue weighted by atomic mass is 16.1. The first-order valence-corrected chi connectivity index (χ1v) is 12.3. The molecule has 4 saturated carbocycles. The van der Waals surface area contributed by atoms with Crippen LogP contribution in [0.25, 0.3) is 5.65 Å². The number of carbonyl (C=O) groups excluding carboxylic acids is 1. The molecule has 5 fully saturated rings. The molecule has 6 heteroatoms. The molecule has 6 nitrogen and oxygen atoms in total. The lowest BCUT2D eigenvalue weighted by molar-refractivity contribution is -0.0564. The van der Waals surface area contributed by atoms with E-state index in [2.05, 4.69) is 10.2 Å². The predicted octanol–water partition coefficient (Wildman–Crippen LogP) is 3.20. The van der Waals surface area contributed by atoms with Crippen LogP contribution in [0.15, 0.2) is 24.4 Å². The summed E-state index contributed by atoms with van der Waals surface area (Å²) < 4.78 is 1.95. The summed E-state index contributed by atoms with van der Waals surface area (Å²) in [6.07, 6.45) is 12.8. The van der Waals surface area contributed by atoms with Crippen LogP contribution in [0.4, 0.5) is 0 Å². The second kappa shape index (κ2) is 7.59. The number of rotatable bonds is 6. The first-order chi connectivity index (χ1) is 15.1. The van der Waals surface area contributed by atoms with Gasteiger partial charge in [0, 0.05) is 38.4 Å². The van der Waals surface area contributed by atoms with Crippen molar-refractivity contribution < 1.29 is 4.79 Å². The summed E-state index contributed by atoms with van der Waals surface area (Å²) in [5.74, 6) is 2.91. The van der Waals surface area contributed by atoms with E-state index >= 15 is 0 Å². The maximum Gasteiger partial charge on any atom is 0.268 e. The van der Waals surface area contributed by atoms with Crippen molar-refractivity contribution in [3.63, 3.8) is 0 Å². The Morgan fingerprint density at radius 1 is 1.16 bits per heavy atom. The van der Waals surface area contributed by atoms with E-state index in [1.165, 1.54) is 38.5 Å². The fourth-order valence-electron chi connectivity index (χ4n) is 7.69. The van der Waals surface area contributed by atoms with Crippen LogP contribution >= 0.6 is 0 Å². The van der Waals surface area contributed by atoms with Gasteiger partial charge in [0.25, 0.3) is 5.91 Å². The molecule has 0 aromatic carbocycles. The van der Waals surface area contributed by atoms with Gasteiger partial charge in [-0.2, -0.15) is 0 Å². The van der Waals surface area contributed by atoms with Gasteiger partial charge >= 0.3 is 0 Å². The average Bonchev–Trinajstić information content (AvgIpc) is 3.31. The topological polar surface area (TPSA) is 75.7 Å². The van der Waals surface area contributed by atoms with Crippen LogP contribution in [-0.2, 0) is 6.54 Å². The van der Waals surface area contributed by atoms with Gasteiger partial charge in [-0.15, -0.1) is 0 Å². The van der Waals surface area contributed by atoms with Gasteiger partial charge in [0.1, 0.15) is 11.3 Å². The monoisotopic (exact) mass is 421 g/mol. The lowest BCUT2D eigenvalue weighted by atomic mass is 9.49. The molecule has 2 aromatic rings. The number of fused-ring (bicyclic) bond motifs is 1. The molecule has 1 atom stereocenters. The molecule has 4 aliphatic carbocycles. The normalized spacial score (nSPS) is 34.6.